The number of nitrogens with zero attached hydrogens (tertiary/aromatic N) is 1. The first-order valence-corrected chi connectivity index (χ1v) is 18.3. The second kappa shape index (κ2) is 13.7. The van der Waals surface area contributed by atoms with E-state index in [0.717, 1.165) is 44.1 Å². The molecule has 6 rings (SSSR count). The van der Waals surface area contributed by atoms with Crippen LogP contribution in [0.25, 0.3) is 5.70 Å². The third-order valence-corrected chi connectivity index (χ3v) is 11.2. The number of likely N-dealkylation sites (tertiary alicyclic amines) is 1. The van der Waals surface area contributed by atoms with E-state index in [-0.39, 0.29) is 36.8 Å². The number of hydrogen-bond donors (Lipinski definition) is 4. The van der Waals surface area contributed by atoms with Gasteiger partial charge in [-0.25, -0.2) is 0 Å². The lowest BCUT2D eigenvalue weighted by Crippen LogP contribution is -2.59. The molecule has 12 heteroatoms. The Bertz CT molecular complexity index is 1540. The highest BCUT2D eigenvalue weighted by Crippen LogP contribution is 2.63. The van der Waals surface area contributed by atoms with Crippen LogP contribution in [0.15, 0.2) is 30.3 Å². The van der Waals surface area contributed by atoms with Crippen LogP contribution in [0.2, 0.25) is 5.02 Å². The van der Waals surface area contributed by atoms with Gasteiger partial charge in [-0.1, -0.05) is 70.7 Å². The normalized spacial score (nSPS) is 28.5. The molecule has 266 valence electrons. The predicted molar refractivity (Wildman–Crippen MR) is 185 cm³/mol. The number of hydrogen-bond acceptors (Lipinski definition) is 7. The number of ketones is 1. The summed E-state index contributed by atoms with van der Waals surface area (Å²) in [5.41, 5.74) is 2.71. The van der Waals surface area contributed by atoms with Crippen molar-refractivity contribution in [2.45, 2.75) is 128 Å². The third-order valence-electron chi connectivity index (χ3n) is 11.0. The van der Waals surface area contributed by atoms with Crippen LogP contribution < -0.4 is 21.4 Å². The maximum absolute atomic E-state index is 14.6. The van der Waals surface area contributed by atoms with Crippen molar-refractivity contribution in [3.63, 3.8) is 0 Å². The van der Waals surface area contributed by atoms with Gasteiger partial charge in [0.2, 0.25) is 23.5 Å². The molecule has 4 fully saturated rings. The van der Waals surface area contributed by atoms with Gasteiger partial charge in [-0.3, -0.25) is 34.3 Å². The zero-order chi connectivity index (χ0) is 35.1. The van der Waals surface area contributed by atoms with Gasteiger partial charge in [0, 0.05) is 29.5 Å². The number of nitrogens with one attached hydrogen (secondary N) is 4. The molecule has 0 aromatic heterocycles. The molecular weight excluding hydrogens is 646 g/mol. The van der Waals surface area contributed by atoms with Gasteiger partial charge in [0.25, 0.3) is 5.91 Å². The summed E-state index contributed by atoms with van der Waals surface area (Å²) in [6.07, 6.45) is 10.4. The monoisotopic (exact) mass is 695 g/mol. The van der Waals surface area contributed by atoms with Crippen molar-refractivity contribution in [1.82, 2.24) is 26.3 Å². The summed E-state index contributed by atoms with van der Waals surface area (Å²) in [6, 6.07) is 4.28. The smallest absolute Gasteiger partial charge is 0.289 e. The quantitative estimate of drug-likeness (QED) is 0.240. The van der Waals surface area contributed by atoms with E-state index >= 15 is 0 Å². The minimum atomic E-state index is -1.07. The lowest BCUT2D eigenvalue weighted by atomic mass is 9.83. The van der Waals surface area contributed by atoms with Crippen LogP contribution in [0.4, 0.5) is 0 Å². The molecule has 11 nitrogen and oxygen atoms in total. The number of rotatable bonds is 12. The number of carbonyl (C=O) groups is 5. The molecular formula is C37H50ClN5O6. The van der Waals surface area contributed by atoms with Crippen molar-refractivity contribution in [1.29, 1.82) is 0 Å². The van der Waals surface area contributed by atoms with Crippen molar-refractivity contribution >= 4 is 46.7 Å². The molecule has 3 saturated carbocycles. The van der Waals surface area contributed by atoms with Crippen molar-refractivity contribution in [2.75, 3.05) is 6.54 Å². The van der Waals surface area contributed by atoms with E-state index in [2.05, 4.69) is 21.4 Å². The van der Waals surface area contributed by atoms with Gasteiger partial charge in [-0.2, -0.15) is 0 Å². The second-order valence-electron chi connectivity index (χ2n) is 16.0. The summed E-state index contributed by atoms with van der Waals surface area (Å²) in [7, 11) is 0. The van der Waals surface area contributed by atoms with Crippen molar-refractivity contribution in [2.24, 2.45) is 16.7 Å². The number of hydroxylamine groups is 1. The summed E-state index contributed by atoms with van der Waals surface area (Å²) in [4.78, 5) is 75.8. The maximum Gasteiger partial charge on any atom is 0.289 e. The Morgan fingerprint density at radius 2 is 1.86 bits per heavy atom. The van der Waals surface area contributed by atoms with Crippen LogP contribution in [-0.4, -0.2) is 70.6 Å². The number of halogens is 1. The lowest BCUT2D eigenvalue weighted by Gasteiger charge is -2.36. The fourth-order valence-corrected chi connectivity index (χ4v) is 8.15. The molecule has 0 radical (unpaired) electrons. The maximum atomic E-state index is 14.6. The summed E-state index contributed by atoms with van der Waals surface area (Å²) < 4.78 is 0. The molecule has 49 heavy (non-hydrogen) atoms. The van der Waals surface area contributed by atoms with Gasteiger partial charge < -0.3 is 20.9 Å². The molecule has 5 aliphatic rings. The topological polar surface area (TPSA) is 146 Å². The highest BCUT2D eigenvalue weighted by Gasteiger charge is 2.57. The van der Waals surface area contributed by atoms with E-state index in [4.69, 9.17) is 16.4 Å². The van der Waals surface area contributed by atoms with Gasteiger partial charge in [0.05, 0.1) is 18.3 Å². The molecule has 3 aliphatic carbocycles. The number of carbonyl (C=O) groups excluding carboxylic acids is 5. The largest absolute Gasteiger partial charge is 0.347 e. The molecule has 1 aromatic carbocycles. The van der Waals surface area contributed by atoms with Crippen LogP contribution in [-0.2, 0) is 28.8 Å². The average Bonchev–Trinajstić information content (AvgIpc) is 3.93. The van der Waals surface area contributed by atoms with Gasteiger partial charge in [-0.15, -0.1) is 0 Å². The molecule has 4 amide bonds. The predicted octanol–water partition coefficient (Wildman–Crippen LogP) is 4.19. The Morgan fingerprint density at radius 3 is 2.53 bits per heavy atom. The van der Waals surface area contributed by atoms with Crippen LogP contribution in [0.5, 0.6) is 0 Å². The first-order valence-electron chi connectivity index (χ1n) is 17.9. The Labute approximate surface area is 293 Å². The lowest BCUT2D eigenvalue weighted by molar-refractivity contribution is -0.145. The highest BCUT2D eigenvalue weighted by molar-refractivity contribution is 6.38. The highest BCUT2D eigenvalue weighted by atomic mass is 35.5. The van der Waals surface area contributed by atoms with E-state index in [0.29, 0.717) is 29.5 Å². The van der Waals surface area contributed by atoms with Crippen molar-refractivity contribution in [3.05, 3.63) is 40.9 Å². The number of fused-ring (bicyclic) bond motifs is 1. The number of Topliss-reactive ketones (excluding diaryl/α,β-unsaturated/α-hetero) is 1. The SMILES string of the molecule is CCC[C@H](NC(=O)[C@@H]1C[C@]2(C=C(c3cccc(Cl)c3)NO2)CN1C(=O)[C@@H](NC(=O)CC12CCCCC1C2)C(C)(C)C)C(=O)C(=O)NC1CC1. The summed E-state index contributed by atoms with van der Waals surface area (Å²) >= 11 is 6.26. The summed E-state index contributed by atoms with van der Waals surface area (Å²) in [5.74, 6) is -1.92. The Morgan fingerprint density at radius 1 is 1.08 bits per heavy atom. The average molecular weight is 696 g/mol. The van der Waals surface area contributed by atoms with Gasteiger partial charge in [-0.05, 0) is 73.5 Å². The second-order valence-corrected chi connectivity index (χ2v) is 16.5. The van der Waals surface area contributed by atoms with E-state index in [1.165, 1.54) is 11.3 Å². The van der Waals surface area contributed by atoms with Crippen LogP contribution in [0.3, 0.4) is 0 Å². The first-order chi connectivity index (χ1) is 23.2. The third kappa shape index (κ3) is 7.83. The number of benzene rings is 1. The molecule has 2 unspecified atom stereocenters. The Hall–Kier alpha value is -3.44. The van der Waals surface area contributed by atoms with E-state index in [1.807, 2.05) is 45.9 Å². The first kappa shape index (κ1) is 35.4. The molecule has 2 heterocycles. The molecule has 2 aliphatic heterocycles. The van der Waals surface area contributed by atoms with Crippen LogP contribution in [0.1, 0.15) is 104 Å². The fourth-order valence-electron chi connectivity index (χ4n) is 7.95. The fraction of sp³-hybridized carbons (Fsp3) is 0.649. The molecule has 0 bridgehead atoms. The molecule has 4 N–H and O–H groups in total. The van der Waals surface area contributed by atoms with E-state index in [1.54, 1.807) is 12.1 Å². The number of amides is 4. The van der Waals surface area contributed by atoms with Gasteiger partial charge >= 0.3 is 0 Å². The molecule has 1 aromatic rings. The van der Waals surface area contributed by atoms with Gasteiger partial charge in [0.15, 0.2) is 0 Å². The zero-order valence-corrected chi connectivity index (χ0v) is 29.8. The minimum Gasteiger partial charge on any atom is -0.347 e. The minimum absolute atomic E-state index is 0.00205. The Kier molecular flexibility index (Phi) is 9.89. The van der Waals surface area contributed by atoms with Gasteiger partial charge in [0.1, 0.15) is 17.7 Å². The zero-order valence-electron chi connectivity index (χ0n) is 29.0. The Balaban J connectivity index is 1.25. The van der Waals surface area contributed by atoms with E-state index in [9.17, 15) is 24.0 Å². The molecule has 1 saturated heterocycles. The van der Waals surface area contributed by atoms with Crippen LogP contribution in [0, 0.1) is 16.7 Å². The van der Waals surface area contributed by atoms with Crippen molar-refractivity contribution in [3.8, 4) is 0 Å². The standard InChI is InChI=1S/C37H50ClN5O6/c1-5-9-26(30(45)33(47)39-25-13-14-25)40-32(46)28-19-37(18-27(42-49-37)22-10-8-12-24(38)16-22)21-43(28)34(48)31(35(2,3)4)41-29(44)20-36-15-7-6-11-23(36)17-36/h8,10,12,16,18,23,25-26,28,31,42H,5-7,9,11,13-15,17,19-21H2,1-4H3,(H,39,47)(H,40,46)(H,41,44)/t23?,26-,28-,31+,36?,37+/m0/s1. The summed E-state index contributed by atoms with van der Waals surface area (Å²) in [6.45, 7) is 7.60. The molecule has 6 atom stereocenters. The van der Waals surface area contributed by atoms with Crippen LogP contribution >= 0.6 is 11.6 Å². The van der Waals surface area contributed by atoms with E-state index < -0.39 is 52.6 Å². The molecule has 1 spiro atoms. The summed E-state index contributed by atoms with van der Waals surface area (Å²) in [5, 5.41) is 9.16. The van der Waals surface area contributed by atoms with Crippen molar-refractivity contribution < 1.29 is 28.8 Å².